The van der Waals surface area contributed by atoms with E-state index in [0.717, 1.165) is 0 Å². The van der Waals surface area contributed by atoms with Crippen molar-refractivity contribution in [1.82, 2.24) is 0 Å². The van der Waals surface area contributed by atoms with E-state index in [9.17, 15) is 0 Å². The zero-order valence-electron chi connectivity index (χ0n) is 7.78. The number of rotatable bonds is 8. The van der Waals surface area contributed by atoms with Gasteiger partial charge in [0.1, 0.15) is 0 Å². The quantitative estimate of drug-likeness (QED) is 0.431. The third-order valence-electron chi connectivity index (χ3n) is 1.24. The van der Waals surface area contributed by atoms with Crippen LogP contribution >= 0.6 is 0 Å². The third kappa shape index (κ3) is 6.54. The summed E-state index contributed by atoms with van der Waals surface area (Å²) in [5.41, 5.74) is 0. The predicted octanol–water partition coefficient (Wildman–Crippen LogP) is 0.394. The second-order valence-corrected chi connectivity index (χ2v) is 2.14. The molecule has 0 bridgehead atoms. The molecule has 4 heteroatoms. The van der Waals surface area contributed by atoms with E-state index >= 15 is 0 Å². The Balaban J connectivity index is 3.19. The molecule has 0 aliphatic rings. The van der Waals surface area contributed by atoms with Gasteiger partial charge in [0.05, 0.1) is 19.8 Å². The molecule has 0 spiro atoms. The highest BCUT2D eigenvalue weighted by Gasteiger charge is 2.05. The minimum Gasteiger partial charge on any atom is -0.391 e. The van der Waals surface area contributed by atoms with Gasteiger partial charge in [-0.05, 0) is 13.8 Å². The van der Waals surface area contributed by atoms with Crippen LogP contribution in [0.4, 0.5) is 0 Å². The molecule has 0 amide bonds. The molecule has 0 aromatic carbocycles. The summed E-state index contributed by atoms with van der Waals surface area (Å²) >= 11 is 0. The van der Waals surface area contributed by atoms with Gasteiger partial charge < -0.3 is 19.3 Å². The predicted molar refractivity (Wildman–Crippen MR) is 44.9 cm³/mol. The molecule has 1 N–H and O–H groups in total. The van der Waals surface area contributed by atoms with Crippen molar-refractivity contribution >= 4 is 0 Å². The second-order valence-electron chi connectivity index (χ2n) is 2.14. The van der Waals surface area contributed by atoms with Gasteiger partial charge in [-0.15, -0.1) is 0 Å². The topological polar surface area (TPSA) is 47.9 Å². The molecule has 0 fully saturated rings. The number of aliphatic hydroxyl groups excluding tert-OH is 1. The van der Waals surface area contributed by atoms with Crippen LogP contribution in [0.15, 0.2) is 0 Å². The molecule has 4 nitrogen and oxygen atoms in total. The van der Waals surface area contributed by atoms with Crippen molar-refractivity contribution < 1.29 is 19.3 Å². The lowest BCUT2D eigenvalue weighted by Gasteiger charge is -2.14. The molecule has 0 saturated carbocycles. The largest absolute Gasteiger partial charge is 0.391 e. The first-order valence-corrected chi connectivity index (χ1v) is 4.26. The van der Waals surface area contributed by atoms with Crippen LogP contribution < -0.4 is 0 Å². The molecule has 1 atom stereocenters. The number of aliphatic hydroxyl groups is 1. The maximum absolute atomic E-state index is 8.72. The van der Waals surface area contributed by atoms with Crippen LogP contribution in [-0.2, 0) is 14.2 Å². The minimum atomic E-state index is -0.504. The Morgan fingerprint density at radius 1 is 1.08 bits per heavy atom. The van der Waals surface area contributed by atoms with Crippen LogP contribution in [-0.4, -0.2) is 44.4 Å². The fraction of sp³-hybridized carbons (Fsp3) is 1.00. The van der Waals surface area contributed by atoms with Crippen LogP contribution in [0.2, 0.25) is 0 Å². The maximum atomic E-state index is 8.72. The van der Waals surface area contributed by atoms with Crippen molar-refractivity contribution in [2.75, 3.05) is 33.0 Å². The molecular formula is C8H18O4. The molecule has 1 unspecified atom stereocenters. The summed E-state index contributed by atoms with van der Waals surface area (Å²) in [6.07, 6.45) is -0.504. The fourth-order valence-corrected chi connectivity index (χ4v) is 0.722. The SMILES string of the molecule is CCOCCOC(CO)OCC. The van der Waals surface area contributed by atoms with E-state index < -0.39 is 6.29 Å². The Morgan fingerprint density at radius 3 is 2.33 bits per heavy atom. The van der Waals surface area contributed by atoms with Gasteiger partial charge in [0.2, 0.25) is 0 Å². The van der Waals surface area contributed by atoms with Gasteiger partial charge in [0.25, 0.3) is 0 Å². The molecule has 0 aromatic rings. The van der Waals surface area contributed by atoms with Gasteiger partial charge in [-0.3, -0.25) is 0 Å². The number of hydrogen-bond donors (Lipinski definition) is 1. The van der Waals surface area contributed by atoms with E-state index in [1.807, 2.05) is 13.8 Å². The summed E-state index contributed by atoms with van der Waals surface area (Å²) < 4.78 is 15.2. The van der Waals surface area contributed by atoms with Crippen LogP contribution in [0.3, 0.4) is 0 Å². The van der Waals surface area contributed by atoms with Crippen LogP contribution in [0.25, 0.3) is 0 Å². The van der Waals surface area contributed by atoms with E-state index in [4.69, 9.17) is 19.3 Å². The van der Waals surface area contributed by atoms with Crippen molar-refractivity contribution in [3.63, 3.8) is 0 Å². The smallest absolute Gasteiger partial charge is 0.180 e. The second kappa shape index (κ2) is 8.93. The van der Waals surface area contributed by atoms with Gasteiger partial charge in [0, 0.05) is 13.2 Å². The van der Waals surface area contributed by atoms with Crippen LogP contribution in [0.5, 0.6) is 0 Å². The zero-order chi connectivity index (χ0) is 9.23. The third-order valence-corrected chi connectivity index (χ3v) is 1.24. The van der Waals surface area contributed by atoms with Crippen LogP contribution in [0, 0.1) is 0 Å². The van der Waals surface area contributed by atoms with Gasteiger partial charge >= 0.3 is 0 Å². The standard InChI is InChI=1S/C8H18O4/c1-3-10-5-6-12-8(7-9)11-4-2/h8-9H,3-7H2,1-2H3. The van der Waals surface area contributed by atoms with Crippen molar-refractivity contribution in [3.8, 4) is 0 Å². The molecular weight excluding hydrogens is 160 g/mol. The average Bonchev–Trinajstić information content (AvgIpc) is 2.10. The molecule has 0 rings (SSSR count). The van der Waals surface area contributed by atoms with Gasteiger partial charge in [-0.25, -0.2) is 0 Å². The van der Waals surface area contributed by atoms with E-state index in [-0.39, 0.29) is 6.61 Å². The Morgan fingerprint density at radius 2 is 1.83 bits per heavy atom. The molecule has 0 heterocycles. The molecule has 12 heavy (non-hydrogen) atoms. The van der Waals surface area contributed by atoms with E-state index in [1.165, 1.54) is 0 Å². The molecule has 0 aliphatic carbocycles. The van der Waals surface area contributed by atoms with Crippen molar-refractivity contribution in [1.29, 1.82) is 0 Å². The first kappa shape index (κ1) is 11.8. The van der Waals surface area contributed by atoms with Gasteiger partial charge in [-0.2, -0.15) is 0 Å². The Labute approximate surface area is 73.4 Å². The van der Waals surface area contributed by atoms with Crippen molar-refractivity contribution in [2.24, 2.45) is 0 Å². The van der Waals surface area contributed by atoms with Crippen molar-refractivity contribution in [3.05, 3.63) is 0 Å². The summed E-state index contributed by atoms with van der Waals surface area (Å²) in [5, 5.41) is 8.72. The van der Waals surface area contributed by atoms with Gasteiger partial charge in [0.15, 0.2) is 6.29 Å². The van der Waals surface area contributed by atoms with Gasteiger partial charge in [-0.1, -0.05) is 0 Å². The van der Waals surface area contributed by atoms with Crippen LogP contribution in [0.1, 0.15) is 13.8 Å². The molecule has 0 aromatic heterocycles. The highest BCUT2D eigenvalue weighted by molar-refractivity contribution is 4.39. The summed E-state index contributed by atoms with van der Waals surface area (Å²) in [7, 11) is 0. The lowest BCUT2D eigenvalue weighted by molar-refractivity contribution is -0.166. The Hall–Kier alpha value is -0.160. The monoisotopic (exact) mass is 178 g/mol. The molecule has 0 radical (unpaired) electrons. The Bertz CT molecular complexity index is 87.1. The maximum Gasteiger partial charge on any atom is 0.180 e. The normalized spacial score (nSPS) is 13.2. The Kier molecular flexibility index (Phi) is 8.81. The first-order chi connectivity index (χ1) is 5.85. The lowest BCUT2D eigenvalue weighted by atomic mass is 10.6. The summed E-state index contributed by atoms with van der Waals surface area (Å²) in [5.74, 6) is 0. The summed E-state index contributed by atoms with van der Waals surface area (Å²) in [6, 6.07) is 0. The van der Waals surface area contributed by atoms with E-state index in [1.54, 1.807) is 0 Å². The number of hydrogen-bond acceptors (Lipinski definition) is 4. The zero-order valence-corrected chi connectivity index (χ0v) is 7.78. The average molecular weight is 178 g/mol. The minimum absolute atomic E-state index is 0.111. The summed E-state index contributed by atoms with van der Waals surface area (Å²) in [6.45, 7) is 5.89. The molecule has 74 valence electrons. The lowest BCUT2D eigenvalue weighted by Crippen LogP contribution is -2.23. The van der Waals surface area contributed by atoms with Crippen molar-refractivity contribution in [2.45, 2.75) is 20.1 Å². The highest BCUT2D eigenvalue weighted by atomic mass is 16.7. The molecule has 0 saturated heterocycles. The molecule has 0 aliphatic heterocycles. The first-order valence-electron chi connectivity index (χ1n) is 4.26. The summed E-state index contributed by atoms with van der Waals surface area (Å²) in [4.78, 5) is 0. The highest BCUT2D eigenvalue weighted by Crippen LogP contribution is 1.93. The van der Waals surface area contributed by atoms with E-state index in [0.29, 0.717) is 26.4 Å². The van der Waals surface area contributed by atoms with E-state index in [2.05, 4.69) is 0 Å². The number of ether oxygens (including phenoxy) is 3. The fourth-order valence-electron chi connectivity index (χ4n) is 0.722.